The third kappa shape index (κ3) is 4.60. The first-order chi connectivity index (χ1) is 11.0. The van der Waals surface area contributed by atoms with Gasteiger partial charge in [-0.25, -0.2) is 4.79 Å². The monoisotopic (exact) mass is 325 g/mol. The van der Waals surface area contributed by atoms with Crippen molar-refractivity contribution in [1.82, 2.24) is 0 Å². The first-order valence-electron chi connectivity index (χ1n) is 6.71. The first-order valence-corrected chi connectivity index (χ1v) is 6.71. The molecule has 0 atom stereocenters. The van der Waals surface area contributed by atoms with E-state index in [0.29, 0.717) is 11.5 Å². The highest BCUT2D eigenvalue weighted by atomic mass is 16.6. The van der Waals surface area contributed by atoms with E-state index < -0.39 is 11.9 Å². The minimum absolute atomic E-state index is 0.0685. The van der Waals surface area contributed by atoms with Gasteiger partial charge in [-0.15, -0.1) is 0 Å². The Morgan fingerprint density at radius 2 is 1.65 bits per heavy atom. The molecule has 0 spiro atoms. The number of oxime groups is 1. The van der Waals surface area contributed by atoms with E-state index in [-0.39, 0.29) is 23.6 Å². The lowest BCUT2D eigenvalue weighted by atomic mass is 10.1. The Morgan fingerprint density at radius 1 is 1.04 bits per heavy atom. The Morgan fingerprint density at radius 3 is 2.13 bits per heavy atom. The number of carbonyl (C=O) groups excluding carboxylic acids is 2. The number of nitrogens with zero attached hydrogens (tertiary/aromatic N) is 1. The molecule has 8 nitrogen and oxygen atoms in total. The number of carbonyl (C=O) groups is 2. The van der Waals surface area contributed by atoms with E-state index in [9.17, 15) is 9.59 Å². The summed E-state index contributed by atoms with van der Waals surface area (Å²) in [4.78, 5) is 28.1. The lowest BCUT2D eigenvalue weighted by Crippen LogP contribution is -2.21. The molecule has 0 N–H and O–H groups in total. The van der Waals surface area contributed by atoms with Crippen LogP contribution in [0.5, 0.6) is 17.2 Å². The minimum atomic E-state index is -0.727. The zero-order valence-corrected chi connectivity index (χ0v) is 13.7. The van der Waals surface area contributed by atoms with Crippen LogP contribution in [-0.2, 0) is 19.2 Å². The summed E-state index contributed by atoms with van der Waals surface area (Å²) in [5, 5.41) is 3.67. The Kier molecular flexibility index (Phi) is 6.85. The Bertz CT molecular complexity index is 610. The maximum atomic E-state index is 12.1. The molecule has 0 saturated carbocycles. The quantitative estimate of drug-likeness (QED) is 0.325. The van der Waals surface area contributed by atoms with Crippen molar-refractivity contribution in [1.29, 1.82) is 0 Å². The van der Waals surface area contributed by atoms with Gasteiger partial charge in [0.25, 0.3) is 0 Å². The van der Waals surface area contributed by atoms with Crippen LogP contribution in [0, 0.1) is 0 Å². The Balaban J connectivity index is 3.52. The number of hydrogen-bond acceptors (Lipinski definition) is 8. The summed E-state index contributed by atoms with van der Waals surface area (Å²) in [7, 11) is 4.15. The molecule has 0 aliphatic carbocycles. The maximum absolute atomic E-state index is 12.1. The van der Waals surface area contributed by atoms with E-state index in [2.05, 4.69) is 5.16 Å². The van der Waals surface area contributed by atoms with Crippen LogP contribution in [0.3, 0.4) is 0 Å². The minimum Gasteiger partial charge on any atom is -0.493 e. The van der Waals surface area contributed by atoms with Crippen LogP contribution >= 0.6 is 0 Å². The summed E-state index contributed by atoms with van der Waals surface area (Å²) in [6.45, 7) is 3.04. The predicted octanol–water partition coefficient (Wildman–Crippen LogP) is 1.54. The number of benzene rings is 1. The van der Waals surface area contributed by atoms with Gasteiger partial charge in [0.1, 0.15) is 12.9 Å². The summed E-state index contributed by atoms with van der Waals surface area (Å²) in [6.07, 6.45) is 0. The summed E-state index contributed by atoms with van der Waals surface area (Å²) in [5.74, 6) is -0.576. The lowest BCUT2D eigenvalue weighted by Gasteiger charge is -2.14. The van der Waals surface area contributed by atoms with Crippen LogP contribution in [0.25, 0.3) is 0 Å². The first kappa shape index (κ1) is 18.3. The van der Waals surface area contributed by atoms with Gasteiger partial charge in [-0.1, -0.05) is 5.16 Å². The van der Waals surface area contributed by atoms with Crippen molar-refractivity contribution in [2.45, 2.75) is 13.8 Å². The van der Waals surface area contributed by atoms with Gasteiger partial charge in [-0.05, 0) is 13.0 Å². The van der Waals surface area contributed by atoms with Crippen LogP contribution in [-0.4, -0.2) is 45.6 Å². The van der Waals surface area contributed by atoms with Crippen molar-refractivity contribution in [2.24, 2.45) is 5.16 Å². The van der Waals surface area contributed by atoms with Crippen molar-refractivity contribution in [3.63, 3.8) is 0 Å². The number of esters is 2. The molecular weight excluding hydrogens is 306 g/mol. The van der Waals surface area contributed by atoms with E-state index in [4.69, 9.17) is 23.8 Å². The van der Waals surface area contributed by atoms with Crippen molar-refractivity contribution >= 4 is 17.7 Å². The fourth-order valence-electron chi connectivity index (χ4n) is 1.77. The van der Waals surface area contributed by atoms with Gasteiger partial charge in [-0.3, -0.25) is 4.79 Å². The van der Waals surface area contributed by atoms with E-state index in [1.165, 1.54) is 40.4 Å². The average molecular weight is 325 g/mol. The summed E-state index contributed by atoms with van der Waals surface area (Å²) in [6, 6.07) is 2.87. The molecule has 0 saturated heterocycles. The molecule has 0 aliphatic heterocycles. The molecule has 1 rings (SSSR count). The molecule has 23 heavy (non-hydrogen) atoms. The Hall–Kier alpha value is -2.77. The zero-order chi connectivity index (χ0) is 17.4. The van der Waals surface area contributed by atoms with E-state index in [0.717, 1.165) is 0 Å². The number of rotatable bonds is 7. The van der Waals surface area contributed by atoms with Gasteiger partial charge in [0.15, 0.2) is 17.2 Å². The number of hydrogen-bond donors (Lipinski definition) is 0. The van der Waals surface area contributed by atoms with Gasteiger partial charge in [0.05, 0.1) is 26.4 Å². The topological polar surface area (TPSA) is 92.7 Å². The van der Waals surface area contributed by atoms with Crippen LogP contribution in [0.2, 0.25) is 0 Å². The molecule has 0 aromatic heterocycles. The number of methoxy groups -OCH3 is 2. The summed E-state index contributed by atoms with van der Waals surface area (Å²) in [5.41, 5.74) is 0.0182. The molecule has 1 aromatic carbocycles. The SMILES string of the molecule is CCOC(=O)/C(=N/OC)c1cc(OC)c(OC)cc1OC(C)=O. The third-order valence-corrected chi connectivity index (χ3v) is 2.65. The molecule has 8 heteroatoms. The van der Waals surface area contributed by atoms with Gasteiger partial charge < -0.3 is 23.8 Å². The van der Waals surface area contributed by atoms with Crippen molar-refractivity contribution in [2.75, 3.05) is 27.9 Å². The van der Waals surface area contributed by atoms with Crippen molar-refractivity contribution < 1.29 is 33.4 Å². The Labute approximate surface area is 133 Å². The van der Waals surface area contributed by atoms with Crippen LogP contribution in [0.1, 0.15) is 19.4 Å². The smallest absolute Gasteiger partial charge is 0.361 e. The average Bonchev–Trinajstić information content (AvgIpc) is 2.52. The molecule has 0 fully saturated rings. The molecule has 0 heterocycles. The fourth-order valence-corrected chi connectivity index (χ4v) is 1.77. The van der Waals surface area contributed by atoms with E-state index in [1.54, 1.807) is 6.92 Å². The van der Waals surface area contributed by atoms with E-state index in [1.807, 2.05) is 0 Å². The van der Waals surface area contributed by atoms with Gasteiger partial charge in [0.2, 0.25) is 0 Å². The van der Waals surface area contributed by atoms with Crippen LogP contribution in [0.4, 0.5) is 0 Å². The molecule has 0 bridgehead atoms. The van der Waals surface area contributed by atoms with E-state index >= 15 is 0 Å². The fraction of sp³-hybridized carbons (Fsp3) is 0.400. The standard InChI is InChI=1S/C15H19NO7/c1-6-22-15(18)14(16-21-5)10-7-12(19-3)13(20-4)8-11(10)23-9(2)17/h7-8H,6H2,1-5H3/b16-14+. The predicted molar refractivity (Wildman–Crippen MR) is 81.0 cm³/mol. The molecular formula is C15H19NO7. The summed E-state index contributed by atoms with van der Waals surface area (Å²) < 4.78 is 20.4. The lowest BCUT2D eigenvalue weighted by molar-refractivity contribution is -0.135. The largest absolute Gasteiger partial charge is 0.493 e. The van der Waals surface area contributed by atoms with Gasteiger partial charge in [-0.2, -0.15) is 0 Å². The van der Waals surface area contributed by atoms with Crippen molar-refractivity contribution in [3.8, 4) is 17.2 Å². The normalized spacial score (nSPS) is 10.7. The highest BCUT2D eigenvalue weighted by molar-refractivity contribution is 6.44. The molecule has 0 aliphatic rings. The second-order valence-corrected chi connectivity index (χ2v) is 4.14. The molecule has 126 valence electrons. The van der Waals surface area contributed by atoms with Gasteiger partial charge in [0, 0.05) is 13.0 Å². The molecule has 1 aromatic rings. The second-order valence-electron chi connectivity index (χ2n) is 4.14. The van der Waals surface area contributed by atoms with Crippen LogP contribution < -0.4 is 14.2 Å². The second kappa shape index (κ2) is 8.62. The molecule has 0 amide bonds. The van der Waals surface area contributed by atoms with Gasteiger partial charge >= 0.3 is 11.9 Å². The zero-order valence-electron chi connectivity index (χ0n) is 13.7. The molecule has 0 unspecified atom stereocenters. The highest BCUT2D eigenvalue weighted by Crippen LogP contribution is 2.35. The summed E-state index contributed by atoms with van der Waals surface area (Å²) >= 11 is 0. The number of ether oxygens (including phenoxy) is 4. The highest BCUT2D eigenvalue weighted by Gasteiger charge is 2.24. The van der Waals surface area contributed by atoms with Crippen LogP contribution in [0.15, 0.2) is 17.3 Å². The van der Waals surface area contributed by atoms with Crippen molar-refractivity contribution in [3.05, 3.63) is 17.7 Å². The maximum Gasteiger partial charge on any atom is 0.361 e. The molecule has 0 radical (unpaired) electrons. The third-order valence-electron chi connectivity index (χ3n) is 2.65.